The predicted molar refractivity (Wildman–Crippen MR) is 64.0 cm³/mol. The lowest BCUT2D eigenvalue weighted by molar-refractivity contribution is -0.141. The van der Waals surface area contributed by atoms with E-state index in [1.54, 1.807) is 6.08 Å². The van der Waals surface area contributed by atoms with E-state index in [2.05, 4.69) is 29.2 Å². The van der Waals surface area contributed by atoms with E-state index < -0.39 is 0 Å². The Hall–Kier alpha value is -0.840. The van der Waals surface area contributed by atoms with Gasteiger partial charge in [-0.3, -0.25) is 4.79 Å². The van der Waals surface area contributed by atoms with E-state index >= 15 is 0 Å². The molecule has 74 valence electrons. The Morgan fingerprint density at radius 3 is 3.00 bits per heavy atom. The standard InChI is InChI=1S/C11H11IO2/c1-2-6-14-11(13)8-9-4-3-5-10(12)7-9/h2-5,7H,1,6,8H2. The summed E-state index contributed by atoms with van der Waals surface area (Å²) >= 11 is 2.21. The number of esters is 1. The average Bonchev–Trinajstić information content (AvgIpc) is 2.15. The molecule has 2 nitrogen and oxygen atoms in total. The lowest BCUT2D eigenvalue weighted by atomic mass is 10.2. The van der Waals surface area contributed by atoms with Crippen LogP contribution >= 0.6 is 22.6 Å². The Morgan fingerprint density at radius 2 is 2.36 bits per heavy atom. The second-order valence-corrected chi connectivity index (χ2v) is 4.02. The molecule has 0 unspecified atom stereocenters. The van der Waals surface area contributed by atoms with Crippen molar-refractivity contribution >= 4 is 28.6 Å². The molecule has 0 saturated carbocycles. The minimum atomic E-state index is -0.216. The molecule has 0 fully saturated rings. The van der Waals surface area contributed by atoms with Crippen molar-refractivity contribution in [2.45, 2.75) is 6.42 Å². The Balaban J connectivity index is 2.51. The maximum Gasteiger partial charge on any atom is 0.310 e. The van der Waals surface area contributed by atoms with E-state index in [0.29, 0.717) is 6.42 Å². The van der Waals surface area contributed by atoms with E-state index in [-0.39, 0.29) is 12.6 Å². The van der Waals surface area contributed by atoms with Gasteiger partial charge in [-0.15, -0.1) is 0 Å². The fourth-order valence-corrected chi connectivity index (χ4v) is 1.62. The monoisotopic (exact) mass is 302 g/mol. The molecule has 0 N–H and O–H groups in total. The zero-order chi connectivity index (χ0) is 10.4. The summed E-state index contributed by atoms with van der Waals surface area (Å²) in [6.45, 7) is 3.76. The Kier molecular flexibility index (Phi) is 4.65. The SMILES string of the molecule is C=CCOC(=O)Cc1cccc(I)c1. The largest absolute Gasteiger partial charge is 0.461 e. The fourth-order valence-electron chi connectivity index (χ4n) is 1.02. The first-order chi connectivity index (χ1) is 6.72. The van der Waals surface area contributed by atoms with Gasteiger partial charge in [0.2, 0.25) is 0 Å². The number of rotatable bonds is 4. The van der Waals surface area contributed by atoms with Crippen LogP contribution < -0.4 is 0 Å². The third-order valence-electron chi connectivity index (χ3n) is 1.60. The van der Waals surface area contributed by atoms with Gasteiger partial charge in [0.1, 0.15) is 6.61 Å². The number of halogens is 1. The molecule has 1 rings (SSSR count). The van der Waals surface area contributed by atoms with Crippen LogP contribution in [0.1, 0.15) is 5.56 Å². The molecular weight excluding hydrogens is 291 g/mol. The molecule has 0 aliphatic rings. The predicted octanol–water partition coefficient (Wildman–Crippen LogP) is 2.56. The number of benzene rings is 1. The summed E-state index contributed by atoms with van der Waals surface area (Å²) in [5.41, 5.74) is 0.978. The highest BCUT2D eigenvalue weighted by Crippen LogP contribution is 2.08. The zero-order valence-corrected chi connectivity index (χ0v) is 9.86. The lowest BCUT2D eigenvalue weighted by Gasteiger charge is -2.02. The minimum Gasteiger partial charge on any atom is -0.461 e. The minimum absolute atomic E-state index is 0.216. The van der Waals surface area contributed by atoms with E-state index in [4.69, 9.17) is 4.74 Å². The van der Waals surface area contributed by atoms with Gasteiger partial charge in [-0.1, -0.05) is 24.8 Å². The Bertz CT molecular complexity index is 334. The maximum atomic E-state index is 11.2. The van der Waals surface area contributed by atoms with E-state index in [1.165, 1.54) is 0 Å². The van der Waals surface area contributed by atoms with Gasteiger partial charge in [-0.05, 0) is 40.3 Å². The smallest absolute Gasteiger partial charge is 0.310 e. The highest BCUT2D eigenvalue weighted by atomic mass is 127. The molecule has 0 aliphatic carbocycles. The van der Waals surface area contributed by atoms with Crippen molar-refractivity contribution in [3.8, 4) is 0 Å². The molecule has 3 heteroatoms. The van der Waals surface area contributed by atoms with Crippen LogP contribution in [-0.4, -0.2) is 12.6 Å². The molecule has 0 atom stereocenters. The molecule has 0 heterocycles. The summed E-state index contributed by atoms with van der Waals surface area (Å²) in [6, 6.07) is 7.80. The number of ether oxygens (including phenoxy) is 1. The first-order valence-electron chi connectivity index (χ1n) is 4.23. The molecule has 0 saturated heterocycles. The van der Waals surface area contributed by atoms with Gasteiger partial charge in [0.25, 0.3) is 0 Å². The van der Waals surface area contributed by atoms with E-state index in [1.807, 2.05) is 24.3 Å². The van der Waals surface area contributed by atoms with Crippen LogP contribution in [0.25, 0.3) is 0 Å². The summed E-state index contributed by atoms with van der Waals surface area (Å²) in [7, 11) is 0. The van der Waals surface area contributed by atoms with Crippen molar-refractivity contribution in [2.24, 2.45) is 0 Å². The van der Waals surface area contributed by atoms with Crippen molar-refractivity contribution in [3.05, 3.63) is 46.1 Å². The maximum absolute atomic E-state index is 11.2. The summed E-state index contributed by atoms with van der Waals surface area (Å²) in [5, 5.41) is 0. The van der Waals surface area contributed by atoms with Gasteiger partial charge in [0.15, 0.2) is 0 Å². The second-order valence-electron chi connectivity index (χ2n) is 2.78. The molecule has 0 bridgehead atoms. The van der Waals surface area contributed by atoms with Gasteiger partial charge in [-0.25, -0.2) is 0 Å². The zero-order valence-electron chi connectivity index (χ0n) is 7.70. The van der Waals surface area contributed by atoms with Crippen molar-refractivity contribution in [2.75, 3.05) is 6.61 Å². The van der Waals surface area contributed by atoms with Crippen LogP contribution in [0.2, 0.25) is 0 Å². The first kappa shape index (κ1) is 11.2. The number of hydrogen-bond acceptors (Lipinski definition) is 2. The molecule has 1 aromatic rings. The molecule has 0 aromatic heterocycles. The topological polar surface area (TPSA) is 26.3 Å². The van der Waals surface area contributed by atoms with Crippen LogP contribution in [0.3, 0.4) is 0 Å². The van der Waals surface area contributed by atoms with Crippen LogP contribution in [0.4, 0.5) is 0 Å². The highest BCUT2D eigenvalue weighted by Gasteiger charge is 2.03. The third kappa shape index (κ3) is 3.91. The first-order valence-corrected chi connectivity index (χ1v) is 5.31. The molecule has 0 radical (unpaired) electrons. The van der Waals surface area contributed by atoms with Crippen molar-refractivity contribution in [1.82, 2.24) is 0 Å². The summed E-state index contributed by atoms with van der Waals surface area (Å²) in [4.78, 5) is 11.2. The van der Waals surface area contributed by atoms with Gasteiger partial charge < -0.3 is 4.74 Å². The van der Waals surface area contributed by atoms with Crippen molar-refractivity contribution < 1.29 is 9.53 Å². The van der Waals surface area contributed by atoms with Crippen molar-refractivity contribution in [3.63, 3.8) is 0 Å². The number of hydrogen-bond donors (Lipinski definition) is 0. The van der Waals surface area contributed by atoms with Gasteiger partial charge in [0.05, 0.1) is 6.42 Å². The molecule has 14 heavy (non-hydrogen) atoms. The number of carbonyl (C=O) groups excluding carboxylic acids is 1. The van der Waals surface area contributed by atoms with Crippen LogP contribution in [0.15, 0.2) is 36.9 Å². The average molecular weight is 302 g/mol. The molecule has 0 amide bonds. The summed E-state index contributed by atoms with van der Waals surface area (Å²) in [6.07, 6.45) is 1.89. The van der Waals surface area contributed by atoms with Gasteiger partial charge >= 0.3 is 5.97 Å². The highest BCUT2D eigenvalue weighted by molar-refractivity contribution is 14.1. The molecular formula is C11H11IO2. The van der Waals surface area contributed by atoms with Crippen molar-refractivity contribution in [1.29, 1.82) is 0 Å². The lowest BCUT2D eigenvalue weighted by Crippen LogP contribution is -2.07. The number of carbonyl (C=O) groups is 1. The van der Waals surface area contributed by atoms with Crippen LogP contribution in [-0.2, 0) is 16.0 Å². The summed E-state index contributed by atoms with van der Waals surface area (Å²) < 4.78 is 6.00. The van der Waals surface area contributed by atoms with Crippen LogP contribution in [0, 0.1) is 3.57 Å². The molecule has 0 aliphatic heterocycles. The summed E-state index contributed by atoms with van der Waals surface area (Å²) in [5.74, 6) is -0.216. The Labute approximate surface area is 97.1 Å². The third-order valence-corrected chi connectivity index (χ3v) is 2.27. The van der Waals surface area contributed by atoms with E-state index in [9.17, 15) is 4.79 Å². The Morgan fingerprint density at radius 1 is 1.57 bits per heavy atom. The second kappa shape index (κ2) is 5.80. The molecule has 1 aromatic carbocycles. The molecule has 0 spiro atoms. The quantitative estimate of drug-likeness (QED) is 0.485. The van der Waals surface area contributed by atoms with E-state index in [0.717, 1.165) is 9.13 Å². The normalized spacial score (nSPS) is 9.50. The fraction of sp³-hybridized carbons (Fsp3) is 0.182. The van der Waals surface area contributed by atoms with Gasteiger partial charge in [0, 0.05) is 3.57 Å². The van der Waals surface area contributed by atoms with Crippen LogP contribution in [0.5, 0.6) is 0 Å². The van der Waals surface area contributed by atoms with Gasteiger partial charge in [-0.2, -0.15) is 0 Å².